The zero-order chi connectivity index (χ0) is 10.9. The zero-order valence-corrected chi connectivity index (χ0v) is 9.87. The highest BCUT2D eigenvalue weighted by Gasteiger charge is 2.09. The van der Waals surface area contributed by atoms with E-state index in [1.165, 1.54) is 38.0 Å². The van der Waals surface area contributed by atoms with Crippen molar-refractivity contribution in [1.29, 1.82) is 0 Å². The van der Waals surface area contributed by atoms with Crippen LogP contribution in [0.1, 0.15) is 19.3 Å². The van der Waals surface area contributed by atoms with Crippen LogP contribution in [-0.2, 0) is 0 Å². The highest BCUT2D eigenvalue weighted by molar-refractivity contribution is 5.46. The molecule has 1 N–H and O–H groups in total. The fourth-order valence-electron chi connectivity index (χ4n) is 1.79. The number of para-hydroxylation sites is 1. The molecule has 1 aromatic rings. The minimum atomic E-state index is 1.24. The Kier molecular flexibility index (Phi) is 5.86. The third kappa shape index (κ3) is 4.34. The summed E-state index contributed by atoms with van der Waals surface area (Å²) < 4.78 is 0. The SMILES string of the molecule is CNC.c1ccc(N2CCCCC2)cc1. The Hall–Kier alpha value is -1.02. The lowest BCUT2D eigenvalue weighted by Crippen LogP contribution is -2.29. The van der Waals surface area contributed by atoms with Crippen LogP contribution in [0.25, 0.3) is 0 Å². The van der Waals surface area contributed by atoms with Crippen molar-refractivity contribution in [2.75, 3.05) is 32.1 Å². The molecule has 84 valence electrons. The molecule has 2 rings (SSSR count). The molecule has 1 fully saturated rings. The van der Waals surface area contributed by atoms with Crippen molar-refractivity contribution < 1.29 is 0 Å². The Labute approximate surface area is 93.3 Å². The number of piperidine rings is 1. The second-order valence-electron chi connectivity index (χ2n) is 3.88. The van der Waals surface area contributed by atoms with Crippen LogP contribution < -0.4 is 10.2 Å². The maximum atomic E-state index is 2.75. The zero-order valence-electron chi connectivity index (χ0n) is 9.87. The van der Waals surface area contributed by atoms with Crippen molar-refractivity contribution in [3.05, 3.63) is 30.3 Å². The first-order valence-corrected chi connectivity index (χ1v) is 5.77. The number of rotatable bonds is 1. The molecule has 1 aliphatic rings. The fraction of sp³-hybridized carbons (Fsp3) is 0.538. The predicted molar refractivity (Wildman–Crippen MR) is 67.5 cm³/mol. The van der Waals surface area contributed by atoms with Gasteiger partial charge in [0.15, 0.2) is 0 Å². The third-order valence-electron chi connectivity index (χ3n) is 2.48. The number of benzene rings is 1. The van der Waals surface area contributed by atoms with Gasteiger partial charge in [-0.05, 0) is 45.5 Å². The smallest absolute Gasteiger partial charge is 0.0366 e. The van der Waals surface area contributed by atoms with Gasteiger partial charge in [-0.2, -0.15) is 0 Å². The second-order valence-corrected chi connectivity index (χ2v) is 3.88. The average Bonchev–Trinajstić information content (AvgIpc) is 2.32. The van der Waals surface area contributed by atoms with E-state index in [0.29, 0.717) is 0 Å². The summed E-state index contributed by atoms with van der Waals surface area (Å²) in [6, 6.07) is 10.7. The van der Waals surface area contributed by atoms with Crippen LogP contribution in [0.2, 0.25) is 0 Å². The molecule has 1 heterocycles. The van der Waals surface area contributed by atoms with E-state index in [-0.39, 0.29) is 0 Å². The first-order chi connectivity index (χ1) is 7.38. The minimum absolute atomic E-state index is 1.24. The van der Waals surface area contributed by atoms with E-state index in [4.69, 9.17) is 0 Å². The molecule has 0 amide bonds. The molecule has 15 heavy (non-hydrogen) atoms. The van der Waals surface area contributed by atoms with Crippen LogP contribution in [-0.4, -0.2) is 27.2 Å². The van der Waals surface area contributed by atoms with E-state index in [2.05, 4.69) is 40.5 Å². The average molecular weight is 206 g/mol. The molecular weight excluding hydrogens is 184 g/mol. The van der Waals surface area contributed by atoms with Gasteiger partial charge in [-0.3, -0.25) is 0 Å². The van der Waals surface area contributed by atoms with E-state index in [1.54, 1.807) is 0 Å². The van der Waals surface area contributed by atoms with Crippen molar-refractivity contribution in [1.82, 2.24) is 5.32 Å². The van der Waals surface area contributed by atoms with Gasteiger partial charge in [0.25, 0.3) is 0 Å². The standard InChI is InChI=1S/C11H15N.C2H7N/c1-3-7-11(8-4-1)12-9-5-2-6-10-12;1-3-2/h1,3-4,7-8H,2,5-6,9-10H2;3H,1-2H3. The van der Waals surface area contributed by atoms with Gasteiger partial charge in [0, 0.05) is 18.8 Å². The quantitative estimate of drug-likeness (QED) is 0.759. The summed E-state index contributed by atoms with van der Waals surface area (Å²) in [7, 11) is 3.75. The summed E-state index contributed by atoms with van der Waals surface area (Å²) in [4.78, 5) is 2.48. The Morgan fingerprint density at radius 1 is 0.933 bits per heavy atom. The van der Waals surface area contributed by atoms with E-state index in [1.807, 2.05) is 14.1 Å². The predicted octanol–water partition coefficient (Wildman–Crippen LogP) is 2.51. The normalized spacial score (nSPS) is 15.5. The van der Waals surface area contributed by atoms with Gasteiger partial charge in [-0.25, -0.2) is 0 Å². The molecule has 0 bridgehead atoms. The molecule has 0 unspecified atom stereocenters. The Morgan fingerprint density at radius 2 is 1.47 bits per heavy atom. The molecule has 0 radical (unpaired) electrons. The van der Waals surface area contributed by atoms with Crippen molar-refractivity contribution >= 4 is 5.69 Å². The lowest BCUT2D eigenvalue weighted by atomic mass is 10.1. The molecule has 1 aliphatic heterocycles. The molecule has 1 saturated heterocycles. The maximum absolute atomic E-state index is 2.75. The lowest BCUT2D eigenvalue weighted by molar-refractivity contribution is 0.578. The summed E-state index contributed by atoms with van der Waals surface area (Å²) >= 11 is 0. The molecule has 2 nitrogen and oxygen atoms in total. The van der Waals surface area contributed by atoms with Crippen LogP contribution in [0.4, 0.5) is 5.69 Å². The van der Waals surface area contributed by atoms with Crippen LogP contribution in [0, 0.1) is 0 Å². The molecule has 2 heteroatoms. The van der Waals surface area contributed by atoms with Crippen LogP contribution in [0.3, 0.4) is 0 Å². The van der Waals surface area contributed by atoms with Gasteiger partial charge in [0.2, 0.25) is 0 Å². The van der Waals surface area contributed by atoms with Crippen molar-refractivity contribution in [3.63, 3.8) is 0 Å². The second kappa shape index (κ2) is 7.30. The van der Waals surface area contributed by atoms with Crippen LogP contribution in [0.15, 0.2) is 30.3 Å². The van der Waals surface area contributed by atoms with Gasteiger partial charge in [0.1, 0.15) is 0 Å². The summed E-state index contributed by atoms with van der Waals surface area (Å²) in [6.45, 7) is 2.48. The third-order valence-corrected chi connectivity index (χ3v) is 2.48. The lowest BCUT2D eigenvalue weighted by Gasteiger charge is -2.28. The van der Waals surface area contributed by atoms with Crippen molar-refractivity contribution in [3.8, 4) is 0 Å². The molecule has 0 atom stereocenters. The number of hydrogen-bond donors (Lipinski definition) is 1. The topological polar surface area (TPSA) is 15.3 Å². The molecule has 0 spiro atoms. The summed E-state index contributed by atoms with van der Waals surface area (Å²) in [5.74, 6) is 0. The first-order valence-electron chi connectivity index (χ1n) is 5.77. The number of nitrogens with zero attached hydrogens (tertiary/aromatic N) is 1. The molecule has 0 aliphatic carbocycles. The van der Waals surface area contributed by atoms with Gasteiger partial charge in [-0.15, -0.1) is 0 Å². The number of nitrogens with one attached hydrogen (secondary N) is 1. The summed E-state index contributed by atoms with van der Waals surface area (Å²) in [6.07, 6.45) is 4.12. The molecule has 1 aromatic carbocycles. The summed E-state index contributed by atoms with van der Waals surface area (Å²) in [5, 5.41) is 2.75. The molecule has 0 aromatic heterocycles. The van der Waals surface area contributed by atoms with E-state index in [9.17, 15) is 0 Å². The van der Waals surface area contributed by atoms with Gasteiger partial charge in [-0.1, -0.05) is 18.2 Å². The van der Waals surface area contributed by atoms with Crippen LogP contribution in [0.5, 0.6) is 0 Å². The number of hydrogen-bond acceptors (Lipinski definition) is 2. The van der Waals surface area contributed by atoms with Crippen molar-refractivity contribution in [2.24, 2.45) is 0 Å². The Balaban J connectivity index is 0.000000337. The first kappa shape index (κ1) is 12.1. The van der Waals surface area contributed by atoms with E-state index >= 15 is 0 Å². The maximum Gasteiger partial charge on any atom is 0.0366 e. The van der Waals surface area contributed by atoms with E-state index < -0.39 is 0 Å². The molecular formula is C13H22N2. The van der Waals surface area contributed by atoms with Crippen LogP contribution >= 0.6 is 0 Å². The van der Waals surface area contributed by atoms with Crippen molar-refractivity contribution in [2.45, 2.75) is 19.3 Å². The minimum Gasteiger partial charge on any atom is -0.372 e. The van der Waals surface area contributed by atoms with Gasteiger partial charge < -0.3 is 10.2 Å². The largest absolute Gasteiger partial charge is 0.372 e. The Bertz CT molecular complexity index is 240. The molecule has 0 saturated carbocycles. The van der Waals surface area contributed by atoms with Gasteiger partial charge >= 0.3 is 0 Å². The highest BCUT2D eigenvalue weighted by Crippen LogP contribution is 2.18. The monoisotopic (exact) mass is 206 g/mol. The highest BCUT2D eigenvalue weighted by atomic mass is 15.1. The Morgan fingerprint density at radius 3 is 2.00 bits per heavy atom. The fourth-order valence-corrected chi connectivity index (χ4v) is 1.79. The van der Waals surface area contributed by atoms with Gasteiger partial charge in [0.05, 0.1) is 0 Å². The van der Waals surface area contributed by atoms with E-state index in [0.717, 1.165) is 0 Å². The summed E-state index contributed by atoms with van der Waals surface area (Å²) in [5.41, 5.74) is 1.39. The number of anilines is 1.